The first-order chi connectivity index (χ1) is 10.1. The molecule has 0 N–H and O–H groups in total. The minimum atomic E-state index is -0.209. The van der Waals surface area contributed by atoms with Gasteiger partial charge in [-0.3, -0.25) is 0 Å². The van der Waals surface area contributed by atoms with Crippen LogP contribution in [-0.4, -0.2) is 0 Å². The summed E-state index contributed by atoms with van der Waals surface area (Å²) in [6.07, 6.45) is 0. The predicted molar refractivity (Wildman–Crippen MR) is 90.9 cm³/mol. The average molecular weight is 364 g/mol. The van der Waals surface area contributed by atoms with Gasteiger partial charge in [0.15, 0.2) is 0 Å². The van der Waals surface area contributed by atoms with Crippen molar-refractivity contribution in [2.24, 2.45) is 0 Å². The fraction of sp³-hybridized carbons (Fsp3) is 0.111. The minimum absolute atomic E-state index is 0.168. The summed E-state index contributed by atoms with van der Waals surface area (Å²) >= 11 is 9.89. The molecular weight excluding hydrogens is 351 g/mol. The number of hydrogen-bond acceptors (Lipinski definition) is 0. The molecule has 0 amide bonds. The van der Waals surface area contributed by atoms with Gasteiger partial charge >= 0.3 is 0 Å². The van der Waals surface area contributed by atoms with E-state index in [-0.39, 0.29) is 10.6 Å². The van der Waals surface area contributed by atoms with Crippen LogP contribution in [0.5, 0.6) is 0 Å². The maximum absolute atomic E-state index is 14.4. The summed E-state index contributed by atoms with van der Waals surface area (Å²) in [6, 6.07) is 17.2. The lowest BCUT2D eigenvalue weighted by atomic mass is 9.97. The van der Waals surface area contributed by atoms with Crippen molar-refractivity contribution in [3.63, 3.8) is 0 Å². The monoisotopic (exact) mass is 362 g/mol. The van der Waals surface area contributed by atoms with Crippen molar-refractivity contribution in [2.75, 3.05) is 0 Å². The molecule has 3 rings (SSSR count). The van der Waals surface area contributed by atoms with Crippen LogP contribution in [-0.2, 0) is 0 Å². The second-order valence-corrected chi connectivity index (χ2v) is 6.35. The van der Waals surface area contributed by atoms with Gasteiger partial charge in [0.25, 0.3) is 0 Å². The standard InChI is InChI=1S/C18H13BrClF/c1-11-5-4-8-15(18(11)21)17(19)14-9-10-16(20)13-7-3-2-6-12(13)14/h2-10,17H,1H3. The number of alkyl halides is 1. The van der Waals surface area contributed by atoms with Crippen molar-refractivity contribution < 1.29 is 4.39 Å². The fourth-order valence-corrected chi connectivity index (χ4v) is 3.52. The molecule has 0 saturated heterocycles. The maximum Gasteiger partial charge on any atom is 0.130 e. The fourth-order valence-electron chi connectivity index (χ4n) is 2.54. The zero-order valence-corrected chi connectivity index (χ0v) is 13.7. The van der Waals surface area contributed by atoms with E-state index in [1.807, 2.05) is 48.5 Å². The van der Waals surface area contributed by atoms with E-state index >= 15 is 0 Å². The first-order valence-electron chi connectivity index (χ1n) is 6.66. The molecule has 3 heteroatoms. The van der Waals surface area contributed by atoms with Gasteiger partial charge in [-0.2, -0.15) is 0 Å². The molecular formula is C18H13BrClF. The molecule has 21 heavy (non-hydrogen) atoms. The summed E-state index contributed by atoms with van der Waals surface area (Å²) < 4.78 is 14.4. The molecule has 0 fully saturated rings. The third kappa shape index (κ3) is 2.58. The normalized spacial score (nSPS) is 12.6. The molecule has 0 bridgehead atoms. The Kier molecular flexibility index (Phi) is 4.01. The summed E-state index contributed by atoms with van der Waals surface area (Å²) in [5.41, 5.74) is 2.30. The lowest BCUT2D eigenvalue weighted by molar-refractivity contribution is 0.604. The topological polar surface area (TPSA) is 0 Å². The van der Waals surface area contributed by atoms with Gasteiger partial charge in [0.2, 0.25) is 0 Å². The maximum atomic E-state index is 14.4. The first-order valence-corrected chi connectivity index (χ1v) is 7.95. The van der Waals surface area contributed by atoms with Crippen molar-refractivity contribution in [1.29, 1.82) is 0 Å². The summed E-state index contributed by atoms with van der Waals surface area (Å²) in [7, 11) is 0. The van der Waals surface area contributed by atoms with E-state index in [4.69, 9.17) is 11.6 Å². The Hall–Kier alpha value is -1.38. The van der Waals surface area contributed by atoms with E-state index in [0.717, 1.165) is 16.3 Å². The summed E-state index contributed by atoms with van der Waals surface area (Å²) in [5.74, 6) is -0.168. The number of hydrogen-bond donors (Lipinski definition) is 0. The molecule has 106 valence electrons. The van der Waals surface area contributed by atoms with Gasteiger partial charge in [0.05, 0.1) is 4.83 Å². The van der Waals surface area contributed by atoms with Crippen molar-refractivity contribution in [3.05, 3.63) is 82.1 Å². The van der Waals surface area contributed by atoms with E-state index in [1.54, 1.807) is 13.0 Å². The van der Waals surface area contributed by atoms with Gasteiger partial charge in [0, 0.05) is 16.0 Å². The molecule has 1 atom stereocenters. The molecule has 3 aromatic carbocycles. The largest absolute Gasteiger partial charge is 0.206 e. The third-order valence-electron chi connectivity index (χ3n) is 3.67. The third-order valence-corrected chi connectivity index (χ3v) is 4.99. The van der Waals surface area contributed by atoms with Crippen LogP contribution >= 0.6 is 27.5 Å². The molecule has 0 aliphatic heterocycles. The van der Waals surface area contributed by atoms with E-state index in [1.165, 1.54) is 0 Å². The molecule has 0 aliphatic rings. The first kappa shape index (κ1) is 14.6. The SMILES string of the molecule is Cc1cccc(C(Br)c2ccc(Cl)c3ccccc23)c1F. The highest BCUT2D eigenvalue weighted by Gasteiger charge is 2.18. The van der Waals surface area contributed by atoms with Crippen LogP contribution in [0, 0.1) is 12.7 Å². The van der Waals surface area contributed by atoms with Crippen LogP contribution in [0.15, 0.2) is 54.6 Å². The number of rotatable bonds is 2. The molecule has 0 heterocycles. The average Bonchev–Trinajstić information content (AvgIpc) is 2.50. The molecule has 0 aliphatic carbocycles. The summed E-state index contributed by atoms with van der Waals surface area (Å²) in [6.45, 7) is 1.78. The van der Waals surface area contributed by atoms with Crippen molar-refractivity contribution in [3.8, 4) is 0 Å². The molecule has 0 aromatic heterocycles. The smallest absolute Gasteiger partial charge is 0.130 e. The number of fused-ring (bicyclic) bond motifs is 1. The second-order valence-electron chi connectivity index (χ2n) is 5.02. The highest BCUT2D eigenvalue weighted by atomic mass is 79.9. The number of benzene rings is 3. The molecule has 0 nitrogen and oxygen atoms in total. The van der Waals surface area contributed by atoms with E-state index in [9.17, 15) is 4.39 Å². The lowest BCUT2D eigenvalue weighted by Gasteiger charge is -2.16. The van der Waals surface area contributed by atoms with Gasteiger partial charge in [-0.1, -0.05) is 76.1 Å². The Morgan fingerprint density at radius 3 is 2.38 bits per heavy atom. The zero-order chi connectivity index (χ0) is 15.0. The summed E-state index contributed by atoms with van der Waals surface area (Å²) in [4.78, 5) is -0.209. The Morgan fingerprint density at radius 1 is 0.905 bits per heavy atom. The van der Waals surface area contributed by atoms with Crippen LogP contribution in [0.4, 0.5) is 4.39 Å². The molecule has 1 unspecified atom stereocenters. The highest BCUT2D eigenvalue weighted by molar-refractivity contribution is 9.09. The van der Waals surface area contributed by atoms with Gasteiger partial charge in [-0.15, -0.1) is 0 Å². The highest BCUT2D eigenvalue weighted by Crippen LogP contribution is 2.38. The van der Waals surface area contributed by atoms with Gasteiger partial charge in [0.1, 0.15) is 5.82 Å². The number of aryl methyl sites for hydroxylation is 1. The lowest BCUT2D eigenvalue weighted by Crippen LogP contribution is -1.99. The van der Waals surface area contributed by atoms with Gasteiger partial charge in [-0.05, 0) is 29.5 Å². The van der Waals surface area contributed by atoms with Gasteiger partial charge in [-0.25, -0.2) is 4.39 Å². The molecule has 0 radical (unpaired) electrons. The van der Waals surface area contributed by atoms with Crippen molar-refractivity contribution >= 4 is 38.3 Å². The Bertz CT molecular complexity index is 813. The number of halogens is 3. The Labute approximate surface area is 136 Å². The van der Waals surface area contributed by atoms with E-state index in [0.29, 0.717) is 16.1 Å². The molecule has 0 saturated carbocycles. The Morgan fingerprint density at radius 2 is 1.62 bits per heavy atom. The second kappa shape index (κ2) is 5.78. The quantitative estimate of drug-likeness (QED) is 0.460. The van der Waals surface area contributed by atoms with Crippen LogP contribution in [0.3, 0.4) is 0 Å². The van der Waals surface area contributed by atoms with E-state index in [2.05, 4.69) is 15.9 Å². The van der Waals surface area contributed by atoms with Crippen LogP contribution in [0.1, 0.15) is 21.5 Å². The minimum Gasteiger partial charge on any atom is -0.206 e. The van der Waals surface area contributed by atoms with Crippen LogP contribution in [0.2, 0.25) is 5.02 Å². The van der Waals surface area contributed by atoms with Crippen molar-refractivity contribution in [1.82, 2.24) is 0 Å². The molecule has 0 spiro atoms. The molecule has 3 aromatic rings. The van der Waals surface area contributed by atoms with Gasteiger partial charge < -0.3 is 0 Å². The zero-order valence-electron chi connectivity index (χ0n) is 11.4. The van der Waals surface area contributed by atoms with Crippen LogP contribution < -0.4 is 0 Å². The van der Waals surface area contributed by atoms with Crippen molar-refractivity contribution in [2.45, 2.75) is 11.8 Å². The van der Waals surface area contributed by atoms with E-state index < -0.39 is 0 Å². The Balaban J connectivity index is 2.21. The predicted octanol–water partition coefficient (Wildman–Crippen LogP) is 6.43. The summed E-state index contributed by atoms with van der Waals surface area (Å²) in [5, 5.41) is 2.72. The van der Waals surface area contributed by atoms with Crippen LogP contribution in [0.25, 0.3) is 10.8 Å².